The van der Waals surface area contributed by atoms with E-state index in [0.717, 1.165) is 0 Å². The first-order chi connectivity index (χ1) is 15.7. The van der Waals surface area contributed by atoms with E-state index in [4.69, 9.17) is 0 Å². The first kappa shape index (κ1) is 25.2. The predicted molar refractivity (Wildman–Crippen MR) is 142 cm³/mol. The molecule has 0 spiro atoms. The number of aryl methyl sites for hydroxylation is 4. The molecule has 0 unspecified atom stereocenters. The summed E-state index contributed by atoms with van der Waals surface area (Å²) in [5.74, 6) is 0. The Morgan fingerprint density at radius 2 is 1.16 bits per heavy atom. The zero-order valence-corrected chi connectivity index (χ0v) is 21.5. The van der Waals surface area contributed by atoms with Crippen LogP contribution in [0.3, 0.4) is 0 Å². The van der Waals surface area contributed by atoms with Gasteiger partial charge in [-0.25, -0.2) is 0 Å². The van der Waals surface area contributed by atoms with Crippen LogP contribution in [0.4, 0.5) is 0 Å². The lowest BCUT2D eigenvalue weighted by Gasteiger charge is -2.18. The second-order valence-corrected chi connectivity index (χ2v) is 9.68. The van der Waals surface area contributed by atoms with E-state index in [-0.39, 0.29) is 0 Å². The summed E-state index contributed by atoms with van der Waals surface area (Å²) in [6.07, 6.45) is 13.0. The molecule has 2 nitrogen and oxygen atoms in total. The van der Waals surface area contributed by atoms with Crippen LogP contribution < -0.4 is 0 Å². The number of unbranched alkanes of at least 4 members (excludes halogenated alkanes) is 4. The smallest absolute Gasteiger partial charge is 0.00190 e. The highest BCUT2D eigenvalue weighted by Gasteiger charge is 2.19. The third-order valence-electron chi connectivity index (χ3n) is 7.84. The molecule has 0 atom stereocenters. The Hall–Kier alpha value is -1.38. The van der Waals surface area contributed by atoms with E-state index in [2.05, 4.69) is 61.8 Å². The van der Waals surface area contributed by atoms with Gasteiger partial charge in [-0.1, -0.05) is 64.8 Å². The summed E-state index contributed by atoms with van der Waals surface area (Å²) in [6, 6.07) is 9.81. The Labute approximate surface area is 198 Å². The average Bonchev–Trinajstić information content (AvgIpc) is 3.26. The van der Waals surface area contributed by atoms with E-state index in [1.54, 1.807) is 33.0 Å². The Morgan fingerprint density at radius 3 is 1.75 bits per heavy atom. The van der Waals surface area contributed by atoms with Gasteiger partial charge in [0.25, 0.3) is 0 Å². The molecule has 0 N–H and O–H groups in total. The highest BCUT2D eigenvalue weighted by Crippen LogP contribution is 2.36. The fourth-order valence-corrected chi connectivity index (χ4v) is 5.64. The maximum absolute atomic E-state index is 2.55. The third kappa shape index (κ3) is 6.58. The van der Waals surface area contributed by atoms with Crippen LogP contribution in [0, 0.1) is 0 Å². The van der Waals surface area contributed by atoms with Crippen molar-refractivity contribution >= 4 is 10.8 Å². The Kier molecular flexibility index (Phi) is 10.5. The zero-order chi connectivity index (χ0) is 22.8. The number of benzene rings is 2. The molecule has 2 aromatic rings. The third-order valence-corrected chi connectivity index (χ3v) is 7.84. The Balaban J connectivity index is 1.55. The van der Waals surface area contributed by atoms with E-state index in [1.165, 1.54) is 103 Å². The molecular formula is C30H48N2. The molecule has 0 amide bonds. The largest absolute Gasteiger partial charge is 0.304 e. The molecule has 2 aromatic carbocycles. The lowest BCUT2D eigenvalue weighted by Crippen LogP contribution is -2.23. The van der Waals surface area contributed by atoms with Crippen molar-refractivity contribution in [3.63, 3.8) is 0 Å². The van der Waals surface area contributed by atoms with Crippen LogP contribution in [0.2, 0.25) is 0 Å². The van der Waals surface area contributed by atoms with Gasteiger partial charge in [0.1, 0.15) is 0 Å². The maximum atomic E-state index is 2.55. The van der Waals surface area contributed by atoms with Crippen molar-refractivity contribution in [1.29, 1.82) is 0 Å². The SMILES string of the molecule is CCN(CC)CCCCCc1ccc2c(CCCCCN(CC)CC)ccc3c2c1CC3. The van der Waals surface area contributed by atoms with E-state index >= 15 is 0 Å². The van der Waals surface area contributed by atoms with Crippen molar-refractivity contribution in [1.82, 2.24) is 9.80 Å². The number of nitrogens with zero attached hydrogens (tertiary/aromatic N) is 2. The zero-order valence-electron chi connectivity index (χ0n) is 21.5. The summed E-state index contributed by atoms with van der Waals surface area (Å²) in [5.41, 5.74) is 6.50. The second-order valence-electron chi connectivity index (χ2n) is 9.68. The lowest BCUT2D eigenvalue weighted by molar-refractivity contribution is 0.296. The molecule has 1 aliphatic carbocycles. The summed E-state index contributed by atoms with van der Waals surface area (Å²) in [7, 11) is 0. The van der Waals surface area contributed by atoms with E-state index in [0.29, 0.717) is 0 Å². The number of hydrogen-bond acceptors (Lipinski definition) is 2. The fourth-order valence-electron chi connectivity index (χ4n) is 5.64. The van der Waals surface area contributed by atoms with Crippen LogP contribution in [0.15, 0.2) is 24.3 Å². The van der Waals surface area contributed by atoms with Crippen molar-refractivity contribution in [2.45, 2.75) is 91.9 Å². The molecule has 0 radical (unpaired) electrons. The summed E-state index contributed by atoms with van der Waals surface area (Å²) in [6.45, 7) is 16.4. The molecule has 3 rings (SSSR count). The minimum Gasteiger partial charge on any atom is -0.304 e. The van der Waals surface area contributed by atoms with Crippen molar-refractivity contribution in [3.05, 3.63) is 46.5 Å². The summed E-state index contributed by atoms with van der Waals surface area (Å²) in [4.78, 5) is 5.09. The van der Waals surface area contributed by atoms with Gasteiger partial charge >= 0.3 is 0 Å². The first-order valence-electron chi connectivity index (χ1n) is 13.7. The minimum atomic E-state index is 1.18. The van der Waals surface area contributed by atoms with Crippen molar-refractivity contribution < 1.29 is 0 Å². The minimum absolute atomic E-state index is 1.18. The molecule has 0 aromatic heterocycles. The highest BCUT2D eigenvalue weighted by atomic mass is 15.1. The van der Waals surface area contributed by atoms with Gasteiger partial charge in [-0.3, -0.25) is 0 Å². The highest BCUT2D eigenvalue weighted by molar-refractivity contribution is 5.94. The van der Waals surface area contributed by atoms with Gasteiger partial charge in [0.2, 0.25) is 0 Å². The van der Waals surface area contributed by atoms with E-state index < -0.39 is 0 Å². The summed E-state index contributed by atoms with van der Waals surface area (Å²) >= 11 is 0. The van der Waals surface area contributed by atoms with Crippen molar-refractivity contribution in [3.8, 4) is 0 Å². The van der Waals surface area contributed by atoms with Gasteiger partial charge < -0.3 is 9.80 Å². The Morgan fingerprint density at radius 1 is 0.594 bits per heavy atom. The molecule has 0 fully saturated rings. The molecule has 0 heterocycles. The van der Waals surface area contributed by atoms with Crippen molar-refractivity contribution in [2.75, 3.05) is 39.3 Å². The lowest BCUT2D eigenvalue weighted by atomic mass is 9.92. The molecule has 32 heavy (non-hydrogen) atoms. The van der Waals surface area contributed by atoms with E-state index in [9.17, 15) is 0 Å². The second kappa shape index (κ2) is 13.4. The fraction of sp³-hybridized carbons (Fsp3) is 0.667. The van der Waals surface area contributed by atoms with Gasteiger partial charge in [-0.15, -0.1) is 0 Å². The molecule has 2 heteroatoms. The van der Waals surface area contributed by atoms with E-state index in [1.807, 2.05) is 0 Å². The average molecular weight is 437 g/mol. The Bertz CT molecular complexity index is 817. The van der Waals surface area contributed by atoms with Crippen LogP contribution in [-0.4, -0.2) is 49.1 Å². The topological polar surface area (TPSA) is 6.48 Å². The molecule has 0 aliphatic heterocycles. The summed E-state index contributed by atoms with van der Waals surface area (Å²) in [5, 5.41) is 3.19. The molecule has 0 saturated carbocycles. The van der Waals surface area contributed by atoms with Crippen LogP contribution in [0.25, 0.3) is 10.8 Å². The number of hydrogen-bond donors (Lipinski definition) is 0. The van der Waals surface area contributed by atoms with Crippen LogP contribution >= 0.6 is 0 Å². The molecule has 0 bridgehead atoms. The predicted octanol–water partition coefficient (Wildman–Crippen LogP) is 7.05. The van der Waals surface area contributed by atoms with Gasteiger partial charge in [0, 0.05) is 0 Å². The van der Waals surface area contributed by atoms with Gasteiger partial charge in [0.05, 0.1) is 0 Å². The maximum Gasteiger partial charge on any atom is -0.00190 e. The number of rotatable bonds is 16. The van der Waals surface area contributed by atoms with Crippen LogP contribution in [0.5, 0.6) is 0 Å². The molecular weight excluding hydrogens is 388 g/mol. The van der Waals surface area contributed by atoms with Gasteiger partial charge in [-0.05, 0) is 124 Å². The standard InChI is InChI=1S/C30H48N2/c1-5-31(6-2)23-13-9-11-15-25-17-18-27-20-22-29-26(19-21-28(25)30(27)29)16-12-10-14-24-32(7-3)8-4/h17-19,21H,5-16,20,22-24H2,1-4H3. The quantitative estimate of drug-likeness (QED) is 0.260. The first-order valence-corrected chi connectivity index (χ1v) is 13.7. The normalized spacial score (nSPS) is 13.2. The summed E-state index contributed by atoms with van der Waals surface area (Å²) < 4.78 is 0. The van der Waals surface area contributed by atoms with Gasteiger partial charge in [-0.2, -0.15) is 0 Å². The molecule has 178 valence electrons. The monoisotopic (exact) mass is 436 g/mol. The van der Waals surface area contributed by atoms with Crippen LogP contribution in [0.1, 0.15) is 88.5 Å². The van der Waals surface area contributed by atoms with Crippen molar-refractivity contribution in [2.24, 2.45) is 0 Å². The van der Waals surface area contributed by atoms with Crippen LogP contribution in [-0.2, 0) is 25.7 Å². The molecule has 1 aliphatic rings. The van der Waals surface area contributed by atoms with Gasteiger partial charge in [0.15, 0.2) is 0 Å². The molecule has 0 saturated heterocycles.